The van der Waals surface area contributed by atoms with Gasteiger partial charge < -0.3 is 5.73 Å². The van der Waals surface area contributed by atoms with Crippen molar-refractivity contribution in [2.24, 2.45) is 0 Å². The summed E-state index contributed by atoms with van der Waals surface area (Å²) in [6.07, 6.45) is 1.62. The van der Waals surface area contributed by atoms with Gasteiger partial charge in [-0.2, -0.15) is 4.37 Å². The van der Waals surface area contributed by atoms with Gasteiger partial charge in [0, 0.05) is 17.3 Å². The predicted molar refractivity (Wildman–Crippen MR) is 74.9 cm³/mol. The molecule has 0 radical (unpaired) electrons. The number of nitrogen functional groups attached to an aromatic ring is 1. The van der Waals surface area contributed by atoms with Crippen LogP contribution in [0.1, 0.15) is 5.82 Å². The third kappa shape index (κ3) is 2.26. The van der Waals surface area contributed by atoms with Crippen LogP contribution in [0.5, 0.6) is 0 Å². The zero-order chi connectivity index (χ0) is 13.4. The van der Waals surface area contributed by atoms with E-state index in [4.69, 9.17) is 5.73 Å². The molecule has 7 heteroatoms. The van der Waals surface area contributed by atoms with Crippen molar-refractivity contribution in [3.63, 3.8) is 0 Å². The Bertz CT molecular complexity index is 757. The van der Waals surface area contributed by atoms with Gasteiger partial charge in [0.15, 0.2) is 4.34 Å². The molecule has 0 saturated heterocycles. The highest BCUT2D eigenvalue weighted by Crippen LogP contribution is 2.37. The Morgan fingerprint density at radius 3 is 3.00 bits per heavy atom. The van der Waals surface area contributed by atoms with E-state index in [-0.39, 0.29) is 5.82 Å². The van der Waals surface area contributed by atoms with Crippen molar-refractivity contribution in [3.8, 4) is 0 Å². The Morgan fingerprint density at radius 1 is 1.42 bits per heavy atom. The van der Waals surface area contributed by atoms with Crippen molar-refractivity contribution in [1.82, 2.24) is 14.3 Å². The summed E-state index contributed by atoms with van der Waals surface area (Å²) in [6.45, 7) is 1.80. The van der Waals surface area contributed by atoms with Gasteiger partial charge in [-0.3, -0.25) is 4.98 Å². The molecule has 4 nitrogen and oxygen atoms in total. The van der Waals surface area contributed by atoms with Crippen molar-refractivity contribution in [3.05, 3.63) is 36.0 Å². The summed E-state index contributed by atoms with van der Waals surface area (Å²) < 4.78 is 18.9. The van der Waals surface area contributed by atoms with Crippen LogP contribution in [0.25, 0.3) is 10.9 Å². The predicted octanol–water partition coefficient (Wildman–Crippen LogP) is 3.27. The molecule has 1 aromatic carbocycles. The van der Waals surface area contributed by atoms with E-state index in [1.165, 1.54) is 29.4 Å². The number of pyridine rings is 1. The fourth-order valence-corrected chi connectivity index (χ4v) is 3.42. The number of fused-ring (bicyclic) bond motifs is 1. The lowest BCUT2D eigenvalue weighted by Crippen LogP contribution is -1.94. The number of halogens is 1. The average Bonchev–Trinajstić information content (AvgIpc) is 2.80. The van der Waals surface area contributed by atoms with Crippen LogP contribution in [0.4, 0.5) is 10.1 Å². The minimum Gasteiger partial charge on any atom is -0.398 e. The molecule has 19 heavy (non-hydrogen) atoms. The van der Waals surface area contributed by atoms with E-state index < -0.39 is 0 Å². The quantitative estimate of drug-likeness (QED) is 0.734. The number of nitrogens with two attached hydrogens (primary N) is 1. The van der Waals surface area contributed by atoms with E-state index in [1.807, 2.05) is 6.07 Å². The number of aromatic nitrogens is 3. The van der Waals surface area contributed by atoms with Crippen LogP contribution in [0.3, 0.4) is 0 Å². The fourth-order valence-electron chi connectivity index (χ4n) is 1.72. The minimum atomic E-state index is -0.387. The molecule has 0 spiro atoms. The number of hydrogen-bond donors (Lipinski definition) is 1. The normalized spacial score (nSPS) is 11.1. The summed E-state index contributed by atoms with van der Waals surface area (Å²) in [4.78, 5) is 8.87. The Hall–Kier alpha value is -1.73. The fraction of sp³-hybridized carbons (Fsp3) is 0.0833. The number of hydrogen-bond acceptors (Lipinski definition) is 6. The summed E-state index contributed by atoms with van der Waals surface area (Å²) in [6, 6.07) is 4.92. The summed E-state index contributed by atoms with van der Waals surface area (Å²) >= 11 is 2.47. The monoisotopic (exact) mass is 292 g/mol. The van der Waals surface area contributed by atoms with Gasteiger partial charge in [0.05, 0.1) is 10.4 Å². The van der Waals surface area contributed by atoms with E-state index in [9.17, 15) is 4.39 Å². The molecular formula is C12H9FN4S2. The Labute approximate surface area is 117 Å². The Kier molecular flexibility index (Phi) is 3.08. The van der Waals surface area contributed by atoms with Crippen LogP contribution in [0.2, 0.25) is 0 Å². The first-order valence-corrected chi connectivity index (χ1v) is 7.05. The number of benzene rings is 1. The number of aryl methyl sites for hydroxylation is 1. The van der Waals surface area contributed by atoms with Crippen LogP contribution in [0.15, 0.2) is 33.6 Å². The second kappa shape index (κ2) is 4.75. The second-order valence-corrected chi connectivity index (χ2v) is 5.90. The van der Waals surface area contributed by atoms with Crippen molar-refractivity contribution in [2.45, 2.75) is 16.2 Å². The molecule has 3 aromatic rings. The van der Waals surface area contributed by atoms with E-state index in [1.54, 1.807) is 19.2 Å². The van der Waals surface area contributed by atoms with Gasteiger partial charge in [-0.05, 0) is 36.7 Å². The van der Waals surface area contributed by atoms with Gasteiger partial charge in [0.2, 0.25) is 0 Å². The molecule has 2 aromatic heterocycles. The molecular weight excluding hydrogens is 283 g/mol. The number of nitrogens with zero attached hydrogens (tertiary/aromatic N) is 3. The third-order valence-electron chi connectivity index (χ3n) is 2.53. The van der Waals surface area contributed by atoms with Gasteiger partial charge in [-0.25, -0.2) is 9.37 Å². The topological polar surface area (TPSA) is 64.7 Å². The SMILES string of the molecule is Cc1nsc(Sc2c(F)cc(N)c3cccnc23)n1. The molecule has 0 aliphatic carbocycles. The average molecular weight is 292 g/mol. The van der Waals surface area contributed by atoms with E-state index in [0.29, 0.717) is 26.3 Å². The van der Waals surface area contributed by atoms with Gasteiger partial charge in [-0.1, -0.05) is 11.8 Å². The first kappa shape index (κ1) is 12.3. The second-order valence-electron chi connectivity index (χ2n) is 3.89. The van der Waals surface area contributed by atoms with E-state index in [2.05, 4.69) is 14.3 Å². The number of anilines is 1. The molecule has 0 unspecified atom stereocenters. The van der Waals surface area contributed by atoms with Crippen LogP contribution in [0, 0.1) is 12.7 Å². The summed E-state index contributed by atoms with van der Waals surface area (Å²) in [5, 5.41) is 0.743. The summed E-state index contributed by atoms with van der Waals surface area (Å²) in [5.41, 5.74) is 6.75. The molecule has 0 saturated carbocycles. The first-order chi connectivity index (χ1) is 9.15. The van der Waals surface area contributed by atoms with Crippen molar-refractivity contribution in [1.29, 1.82) is 0 Å². The Balaban J connectivity index is 2.17. The lowest BCUT2D eigenvalue weighted by Gasteiger charge is -2.07. The van der Waals surface area contributed by atoms with Gasteiger partial charge in [0.25, 0.3) is 0 Å². The molecule has 0 atom stereocenters. The maximum atomic E-state index is 14.1. The first-order valence-electron chi connectivity index (χ1n) is 5.46. The van der Waals surface area contributed by atoms with Gasteiger partial charge in [0.1, 0.15) is 11.6 Å². The molecule has 0 aliphatic heterocycles. The smallest absolute Gasteiger partial charge is 0.175 e. The molecule has 0 bridgehead atoms. The van der Waals surface area contributed by atoms with Crippen molar-refractivity contribution >= 4 is 39.9 Å². The van der Waals surface area contributed by atoms with E-state index >= 15 is 0 Å². The molecule has 3 rings (SSSR count). The largest absolute Gasteiger partial charge is 0.398 e. The zero-order valence-electron chi connectivity index (χ0n) is 9.92. The molecule has 2 heterocycles. The van der Waals surface area contributed by atoms with Gasteiger partial charge in [-0.15, -0.1) is 0 Å². The standard InChI is InChI=1S/C12H9FN4S2/c1-6-16-12(19-17-6)18-11-8(13)5-9(14)7-3-2-4-15-10(7)11/h2-5H,14H2,1H3. The zero-order valence-corrected chi connectivity index (χ0v) is 11.6. The summed E-state index contributed by atoms with van der Waals surface area (Å²) in [7, 11) is 0. The van der Waals surface area contributed by atoms with Gasteiger partial charge >= 0.3 is 0 Å². The molecule has 2 N–H and O–H groups in total. The maximum absolute atomic E-state index is 14.1. The lowest BCUT2D eigenvalue weighted by molar-refractivity contribution is 0.605. The molecule has 0 aliphatic rings. The highest BCUT2D eigenvalue weighted by Gasteiger charge is 2.15. The van der Waals surface area contributed by atoms with Crippen LogP contribution in [-0.4, -0.2) is 14.3 Å². The van der Waals surface area contributed by atoms with Crippen LogP contribution >= 0.6 is 23.3 Å². The lowest BCUT2D eigenvalue weighted by atomic mass is 10.2. The molecule has 0 amide bonds. The van der Waals surface area contributed by atoms with Crippen molar-refractivity contribution < 1.29 is 4.39 Å². The molecule has 96 valence electrons. The van der Waals surface area contributed by atoms with Crippen LogP contribution in [-0.2, 0) is 0 Å². The van der Waals surface area contributed by atoms with Crippen molar-refractivity contribution in [2.75, 3.05) is 5.73 Å². The summed E-state index contributed by atoms with van der Waals surface area (Å²) in [5.74, 6) is 0.294. The highest BCUT2D eigenvalue weighted by molar-refractivity contribution is 8.01. The van der Waals surface area contributed by atoms with E-state index in [0.717, 1.165) is 5.39 Å². The van der Waals surface area contributed by atoms with Crippen LogP contribution < -0.4 is 5.73 Å². The third-order valence-corrected chi connectivity index (χ3v) is 4.47. The molecule has 0 fully saturated rings. The maximum Gasteiger partial charge on any atom is 0.175 e. The number of rotatable bonds is 2. The minimum absolute atomic E-state index is 0.387. The highest BCUT2D eigenvalue weighted by atomic mass is 32.2. The Morgan fingerprint density at radius 2 is 2.26 bits per heavy atom.